The van der Waals surface area contributed by atoms with E-state index in [0.29, 0.717) is 6.61 Å². The van der Waals surface area contributed by atoms with Crippen LogP contribution in [0.15, 0.2) is 0 Å². The van der Waals surface area contributed by atoms with Crippen LogP contribution in [0, 0.1) is 11.8 Å². The highest BCUT2D eigenvalue weighted by atomic mass is 16.3. The van der Waals surface area contributed by atoms with Gasteiger partial charge in [-0.15, -0.1) is 0 Å². The van der Waals surface area contributed by atoms with Gasteiger partial charge in [-0.3, -0.25) is 4.79 Å². The largest absolute Gasteiger partial charge is 0.483 e. The molecule has 0 heterocycles. The summed E-state index contributed by atoms with van der Waals surface area (Å²) in [6.07, 6.45) is 9.28. The molecule has 0 amide bonds. The maximum absolute atomic E-state index is 8.62. The molecule has 1 saturated carbocycles. The zero-order valence-electron chi connectivity index (χ0n) is 11.7. The highest BCUT2D eigenvalue weighted by molar-refractivity contribution is 5.32. The summed E-state index contributed by atoms with van der Waals surface area (Å²) in [6, 6.07) is 0. The van der Waals surface area contributed by atoms with Crippen LogP contribution in [0.2, 0.25) is 0 Å². The molecule has 0 atom stereocenters. The van der Waals surface area contributed by atoms with Gasteiger partial charge in [0.1, 0.15) is 0 Å². The van der Waals surface area contributed by atoms with Gasteiger partial charge in [0, 0.05) is 6.61 Å². The van der Waals surface area contributed by atoms with Crippen molar-refractivity contribution in [2.75, 3.05) is 6.61 Å². The van der Waals surface area contributed by atoms with Gasteiger partial charge in [0.05, 0.1) is 0 Å². The van der Waals surface area contributed by atoms with Gasteiger partial charge < -0.3 is 10.2 Å². The second-order valence-electron chi connectivity index (χ2n) is 4.92. The molecule has 104 valence electrons. The maximum atomic E-state index is 8.62. The standard InChI is InChI=1S/C8H16O.C5H12.CH2O2/c9-7-6-8-4-2-1-3-5-8;1-4-5(2)3;2-1-3/h8-9H,1-7H2;5H,4H2,1-3H3;1H,(H,2,3). The first-order valence-corrected chi connectivity index (χ1v) is 6.80. The summed E-state index contributed by atoms with van der Waals surface area (Å²) in [5.74, 6) is 1.73. The van der Waals surface area contributed by atoms with Crippen LogP contribution in [-0.2, 0) is 4.79 Å². The van der Waals surface area contributed by atoms with E-state index in [4.69, 9.17) is 15.0 Å². The molecule has 3 nitrogen and oxygen atoms in total. The molecule has 0 bridgehead atoms. The lowest BCUT2D eigenvalue weighted by Gasteiger charge is -2.19. The van der Waals surface area contributed by atoms with Gasteiger partial charge in [-0.1, -0.05) is 59.3 Å². The molecular weight excluding hydrogens is 216 g/mol. The van der Waals surface area contributed by atoms with Gasteiger partial charge >= 0.3 is 0 Å². The Morgan fingerprint density at radius 3 is 1.94 bits per heavy atom. The monoisotopic (exact) mass is 246 g/mol. The fourth-order valence-electron chi connectivity index (χ4n) is 1.66. The summed E-state index contributed by atoms with van der Waals surface area (Å²) < 4.78 is 0. The first-order chi connectivity index (χ1) is 8.12. The Bertz CT molecular complexity index is 138. The second kappa shape index (κ2) is 15.4. The van der Waals surface area contributed by atoms with Crippen LogP contribution in [0.4, 0.5) is 0 Å². The zero-order valence-corrected chi connectivity index (χ0v) is 11.7. The third kappa shape index (κ3) is 18.0. The van der Waals surface area contributed by atoms with Gasteiger partial charge in [0.25, 0.3) is 6.47 Å². The predicted octanol–water partition coefficient (Wildman–Crippen LogP) is 3.70. The van der Waals surface area contributed by atoms with Crippen LogP contribution in [0.25, 0.3) is 0 Å². The van der Waals surface area contributed by atoms with E-state index in [0.717, 1.165) is 18.3 Å². The van der Waals surface area contributed by atoms with Crippen molar-refractivity contribution in [3.63, 3.8) is 0 Å². The lowest BCUT2D eigenvalue weighted by Crippen LogP contribution is -2.07. The molecule has 0 aromatic carbocycles. The van der Waals surface area contributed by atoms with Crippen molar-refractivity contribution in [1.82, 2.24) is 0 Å². The van der Waals surface area contributed by atoms with Crippen molar-refractivity contribution in [3.8, 4) is 0 Å². The third-order valence-corrected chi connectivity index (χ3v) is 3.08. The van der Waals surface area contributed by atoms with Crippen molar-refractivity contribution in [2.24, 2.45) is 11.8 Å². The molecule has 0 spiro atoms. The molecule has 3 heteroatoms. The summed E-state index contributed by atoms with van der Waals surface area (Å²) >= 11 is 0. The fraction of sp³-hybridized carbons (Fsp3) is 0.929. The number of hydrogen-bond donors (Lipinski definition) is 2. The molecule has 0 aromatic rings. The number of hydrogen-bond acceptors (Lipinski definition) is 2. The van der Waals surface area contributed by atoms with Crippen molar-refractivity contribution in [3.05, 3.63) is 0 Å². The van der Waals surface area contributed by atoms with Crippen LogP contribution < -0.4 is 0 Å². The minimum absolute atomic E-state index is 0.250. The van der Waals surface area contributed by atoms with E-state index in [1.807, 2.05) is 0 Å². The quantitative estimate of drug-likeness (QED) is 0.746. The van der Waals surface area contributed by atoms with Crippen LogP contribution >= 0.6 is 0 Å². The molecule has 0 radical (unpaired) electrons. The highest BCUT2D eigenvalue weighted by Crippen LogP contribution is 2.25. The smallest absolute Gasteiger partial charge is 0.290 e. The molecule has 1 aliphatic carbocycles. The Kier molecular flexibility index (Phi) is 17.1. The first-order valence-electron chi connectivity index (χ1n) is 6.80. The van der Waals surface area contributed by atoms with E-state index in [2.05, 4.69) is 20.8 Å². The second-order valence-corrected chi connectivity index (χ2v) is 4.92. The van der Waals surface area contributed by atoms with E-state index in [-0.39, 0.29) is 6.47 Å². The summed E-state index contributed by atoms with van der Waals surface area (Å²) in [5, 5.41) is 15.5. The third-order valence-electron chi connectivity index (χ3n) is 3.08. The summed E-state index contributed by atoms with van der Waals surface area (Å²) in [7, 11) is 0. The van der Waals surface area contributed by atoms with Crippen LogP contribution in [0.5, 0.6) is 0 Å². The van der Waals surface area contributed by atoms with E-state index in [1.165, 1.54) is 38.5 Å². The van der Waals surface area contributed by atoms with Crippen molar-refractivity contribution in [2.45, 2.75) is 65.7 Å². The van der Waals surface area contributed by atoms with E-state index in [9.17, 15) is 0 Å². The Balaban J connectivity index is 0. The van der Waals surface area contributed by atoms with Gasteiger partial charge in [0.15, 0.2) is 0 Å². The maximum Gasteiger partial charge on any atom is 0.290 e. The summed E-state index contributed by atoms with van der Waals surface area (Å²) in [6.45, 7) is 6.79. The number of aliphatic hydroxyl groups is 1. The molecule has 1 aliphatic rings. The normalized spacial score (nSPS) is 15.4. The van der Waals surface area contributed by atoms with Gasteiger partial charge in [-0.05, 0) is 18.3 Å². The molecular formula is C14H30O3. The molecule has 0 unspecified atom stereocenters. The summed E-state index contributed by atoms with van der Waals surface area (Å²) in [5.41, 5.74) is 0. The van der Waals surface area contributed by atoms with E-state index < -0.39 is 0 Å². The lowest BCUT2D eigenvalue weighted by atomic mass is 9.87. The van der Waals surface area contributed by atoms with E-state index in [1.54, 1.807) is 0 Å². The fourth-order valence-corrected chi connectivity index (χ4v) is 1.66. The average Bonchev–Trinajstić information content (AvgIpc) is 2.32. The van der Waals surface area contributed by atoms with Crippen LogP contribution in [-0.4, -0.2) is 23.3 Å². The Labute approximate surface area is 106 Å². The number of carbonyl (C=O) groups is 1. The highest BCUT2D eigenvalue weighted by Gasteiger charge is 2.11. The number of carboxylic acid groups (broad SMARTS) is 1. The Morgan fingerprint density at radius 2 is 1.65 bits per heavy atom. The SMILES string of the molecule is CCC(C)C.O=CO.OCCC1CCCCC1. The minimum Gasteiger partial charge on any atom is -0.483 e. The molecule has 17 heavy (non-hydrogen) atoms. The van der Waals surface area contributed by atoms with E-state index >= 15 is 0 Å². The van der Waals surface area contributed by atoms with Crippen molar-refractivity contribution >= 4 is 6.47 Å². The average molecular weight is 246 g/mol. The molecule has 0 aliphatic heterocycles. The first kappa shape index (κ1) is 18.8. The minimum atomic E-state index is -0.250. The Hall–Kier alpha value is -0.570. The summed E-state index contributed by atoms with van der Waals surface area (Å²) in [4.78, 5) is 8.36. The number of rotatable bonds is 3. The van der Waals surface area contributed by atoms with Crippen molar-refractivity contribution in [1.29, 1.82) is 0 Å². The van der Waals surface area contributed by atoms with Gasteiger partial charge in [-0.2, -0.15) is 0 Å². The topological polar surface area (TPSA) is 57.5 Å². The van der Waals surface area contributed by atoms with Crippen LogP contribution in [0.1, 0.15) is 65.7 Å². The predicted molar refractivity (Wildman–Crippen MR) is 72.1 cm³/mol. The zero-order chi connectivity index (χ0) is 13.5. The Morgan fingerprint density at radius 1 is 1.24 bits per heavy atom. The molecule has 0 aromatic heterocycles. The molecule has 1 rings (SSSR count). The number of aliphatic hydroxyl groups excluding tert-OH is 1. The van der Waals surface area contributed by atoms with Gasteiger partial charge in [-0.25, -0.2) is 0 Å². The van der Waals surface area contributed by atoms with Crippen molar-refractivity contribution < 1.29 is 15.0 Å². The lowest BCUT2D eigenvalue weighted by molar-refractivity contribution is -0.122. The molecule has 0 saturated heterocycles. The molecule has 1 fully saturated rings. The van der Waals surface area contributed by atoms with Gasteiger partial charge in [0.2, 0.25) is 0 Å². The van der Waals surface area contributed by atoms with Crippen LogP contribution in [0.3, 0.4) is 0 Å². The molecule has 2 N–H and O–H groups in total.